The topological polar surface area (TPSA) is 84.0 Å². The molecule has 0 fully saturated rings. The van der Waals surface area contributed by atoms with Crippen molar-refractivity contribution in [1.82, 2.24) is 20.6 Å². The van der Waals surface area contributed by atoms with Gasteiger partial charge in [0.05, 0.1) is 23.3 Å². The van der Waals surface area contributed by atoms with Gasteiger partial charge in [0.1, 0.15) is 0 Å². The number of rotatable bonds is 6. The third kappa shape index (κ3) is 4.50. The summed E-state index contributed by atoms with van der Waals surface area (Å²) in [5.74, 6) is -0.577. The molecule has 6 nitrogen and oxygen atoms in total. The van der Waals surface area contributed by atoms with Crippen LogP contribution in [0.25, 0.3) is 22.2 Å². The predicted molar refractivity (Wildman–Crippen MR) is 116 cm³/mol. The van der Waals surface area contributed by atoms with Crippen LogP contribution in [0.4, 0.5) is 0 Å². The first kappa shape index (κ1) is 19.3. The highest BCUT2D eigenvalue weighted by atomic mass is 16.2. The highest BCUT2D eigenvalue weighted by Gasteiger charge is 2.15. The van der Waals surface area contributed by atoms with Crippen LogP contribution in [-0.4, -0.2) is 28.3 Å². The van der Waals surface area contributed by atoms with Gasteiger partial charge < -0.3 is 10.6 Å². The van der Waals surface area contributed by atoms with Gasteiger partial charge in [0.2, 0.25) is 5.91 Å². The number of fused-ring (bicyclic) bond motifs is 1. The second-order valence-corrected chi connectivity index (χ2v) is 6.76. The molecule has 0 saturated carbocycles. The zero-order valence-corrected chi connectivity index (χ0v) is 16.2. The van der Waals surface area contributed by atoms with Crippen LogP contribution in [0.1, 0.15) is 15.9 Å². The number of hydrogen-bond donors (Lipinski definition) is 2. The van der Waals surface area contributed by atoms with Gasteiger partial charge in [0, 0.05) is 29.9 Å². The van der Waals surface area contributed by atoms with Crippen LogP contribution in [0.5, 0.6) is 0 Å². The van der Waals surface area contributed by atoms with Crippen molar-refractivity contribution in [2.24, 2.45) is 0 Å². The maximum absolute atomic E-state index is 12.9. The molecule has 2 amide bonds. The monoisotopic (exact) mass is 396 g/mol. The SMILES string of the molecule is O=C(CNC(=O)c1cc(-c2cccnc2)nc2ccccc12)NCc1ccccc1. The van der Waals surface area contributed by atoms with Crippen molar-refractivity contribution in [3.63, 3.8) is 0 Å². The van der Waals surface area contributed by atoms with E-state index in [0.29, 0.717) is 23.3 Å². The fraction of sp³-hybridized carbons (Fsp3) is 0.0833. The van der Waals surface area contributed by atoms with Crippen LogP contribution in [0.2, 0.25) is 0 Å². The molecule has 4 rings (SSSR count). The fourth-order valence-corrected chi connectivity index (χ4v) is 3.14. The normalized spacial score (nSPS) is 10.5. The molecule has 2 heterocycles. The molecule has 0 spiro atoms. The smallest absolute Gasteiger partial charge is 0.252 e. The average molecular weight is 396 g/mol. The summed E-state index contributed by atoms with van der Waals surface area (Å²) in [6, 6.07) is 22.5. The van der Waals surface area contributed by atoms with Crippen LogP contribution < -0.4 is 10.6 Å². The molecule has 148 valence electrons. The Bertz CT molecular complexity index is 1180. The molecule has 0 saturated heterocycles. The molecular formula is C24H20N4O2. The van der Waals surface area contributed by atoms with Gasteiger partial charge >= 0.3 is 0 Å². The van der Waals surface area contributed by atoms with Crippen molar-refractivity contribution in [3.8, 4) is 11.3 Å². The van der Waals surface area contributed by atoms with Gasteiger partial charge in [-0.05, 0) is 29.8 Å². The van der Waals surface area contributed by atoms with Crippen molar-refractivity contribution >= 4 is 22.7 Å². The minimum Gasteiger partial charge on any atom is -0.350 e. The van der Waals surface area contributed by atoms with Crippen LogP contribution >= 0.6 is 0 Å². The summed E-state index contributed by atoms with van der Waals surface area (Å²) in [7, 11) is 0. The first-order valence-corrected chi connectivity index (χ1v) is 9.60. The lowest BCUT2D eigenvalue weighted by Gasteiger charge is -2.11. The van der Waals surface area contributed by atoms with E-state index < -0.39 is 0 Å². The molecule has 0 aliphatic heterocycles. The average Bonchev–Trinajstić information content (AvgIpc) is 2.81. The Kier molecular flexibility index (Phi) is 5.75. The molecule has 0 aliphatic rings. The first-order valence-electron chi connectivity index (χ1n) is 9.60. The number of hydrogen-bond acceptors (Lipinski definition) is 4. The highest BCUT2D eigenvalue weighted by Crippen LogP contribution is 2.24. The second-order valence-electron chi connectivity index (χ2n) is 6.76. The third-order valence-corrected chi connectivity index (χ3v) is 4.66. The number of carbonyl (C=O) groups is 2. The van der Waals surface area contributed by atoms with Crippen molar-refractivity contribution in [2.75, 3.05) is 6.54 Å². The Morgan fingerprint density at radius 2 is 1.67 bits per heavy atom. The number of carbonyl (C=O) groups excluding carboxylic acids is 2. The minimum absolute atomic E-state index is 0.107. The zero-order chi connectivity index (χ0) is 20.8. The molecule has 0 atom stereocenters. The first-order chi connectivity index (χ1) is 14.7. The van der Waals surface area contributed by atoms with Crippen LogP contribution in [0, 0.1) is 0 Å². The molecule has 2 aromatic heterocycles. The van der Waals surface area contributed by atoms with Gasteiger partial charge in [-0.2, -0.15) is 0 Å². The van der Waals surface area contributed by atoms with E-state index in [1.807, 2.05) is 66.7 Å². The van der Waals surface area contributed by atoms with E-state index in [1.54, 1.807) is 18.5 Å². The summed E-state index contributed by atoms with van der Waals surface area (Å²) in [5, 5.41) is 6.25. The molecule has 0 unspecified atom stereocenters. The van der Waals surface area contributed by atoms with Crippen LogP contribution in [0.15, 0.2) is 85.2 Å². The number of aromatic nitrogens is 2. The summed E-state index contributed by atoms with van der Waals surface area (Å²) in [6.45, 7) is 0.309. The number of nitrogens with zero attached hydrogens (tertiary/aromatic N) is 2. The lowest BCUT2D eigenvalue weighted by molar-refractivity contribution is -0.120. The number of nitrogens with one attached hydrogen (secondary N) is 2. The highest BCUT2D eigenvalue weighted by molar-refractivity contribution is 6.08. The van der Waals surface area contributed by atoms with E-state index in [9.17, 15) is 9.59 Å². The Morgan fingerprint density at radius 1 is 0.867 bits per heavy atom. The van der Waals surface area contributed by atoms with Crippen molar-refractivity contribution in [3.05, 3.63) is 96.3 Å². The number of amides is 2. The largest absolute Gasteiger partial charge is 0.350 e. The number of para-hydroxylation sites is 1. The summed E-state index contributed by atoms with van der Waals surface area (Å²) < 4.78 is 0. The maximum atomic E-state index is 12.9. The quantitative estimate of drug-likeness (QED) is 0.524. The molecule has 2 N–H and O–H groups in total. The molecular weight excluding hydrogens is 376 g/mol. The van der Waals surface area contributed by atoms with E-state index in [4.69, 9.17) is 0 Å². The maximum Gasteiger partial charge on any atom is 0.252 e. The number of benzene rings is 2. The Labute approximate surface area is 174 Å². The van der Waals surface area contributed by atoms with Gasteiger partial charge in [0.15, 0.2) is 0 Å². The third-order valence-electron chi connectivity index (χ3n) is 4.66. The van der Waals surface area contributed by atoms with E-state index in [1.165, 1.54) is 0 Å². The number of pyridine rings is 2. The molecule has 30 heavy (non-hydrogen) atoms. The van der Waals surface area contributed by atoms with Crippen LogP contribution in [-0.2, 0) is 11.3 Å². The van der Waals surface area contributed by atoms with Gasteiger partial charge in [-0.25, -0.2) is 4.98 Å². The molecule has 0 aliphatic carbocycles. The van der Waals surface area contributed by atoms with E-state index in [0.717, 1.165) is 16.5 Å². The van der Waals surface area contributed by atoms with Gasteiger partial charge in [-0.15, -0.1) is 0 Å². The fourth-order valence-electron chi connectivity index (χ4n) is 3.14. The molecule has 4 aromatic rings. The molecule has 0 radical (unpaired) electrons. The Morgan fingerprint density at radius 3 is 2.47 bits per heavy atom. The van der Waals surface area contributed by atoms with Gasteiger partial charge in [-0.3, -0.25) is 14.6 Å². The second kappa shape index (κ2) is 8.96. The Balaban J connectivity index is 1.50. The molecule has 6 heteroatoms. The van der Waals surface area contributed by atoms with Crippen molar-refractivity contribution in [1.29, 1.82) is 0 Å². The molecule has 0 bridgehead atoms. The van der Waals surface area contributed by atoms with Crippen molar-refractivity contribution in [2.45, 2.75) is 6.54 Å². The van der Waals surface area contributed by atoms with E-state index in [-0.39, 0.29) is 18.4 Å². The lowest BCUT2D eigenvalue weighted by Crippen LogP contribution is -2.36. The standard InChI is InChI=1S/C24H20N4O2/c29-23(26-14-17-7-2-1-3-8-17)16-27-24(30)20-13-22(18-9-6-12-25-15-18)28-21-11-5-4-10-19(20)21/h1-13,15H,14,16H2,(H,26,29)(H,27,30). The van der Waals surface area contributed by atoms with Gasteiger partial charge in [-0.1, -0.05) is 48.5 Å². The predicted octanol–water partition coefficient (Wildman–Crippen LogP) is 3.34. The van der Waals surface area contributed by atoms with Crippen molar-refractivity contribution < 1.29 is 9.59 Å². The van der Waals surface area contributed by atoms with Crippen LogP contribution in [0.3, 0.4) is 0 Å². The minimum atomic E-state index is -0.325. The lowest BCUT2D eigenvalue weighted by atomic mass is 10.0. The Hall–Kier alpha value is -4.06. The van der Waals surface area contributed by atoms with E-state index >= 15 is 0 Å². The summed E-state index contributed by atoms with van der Waals surface area (Å²) in [4.78, 5) is 33.8. The summed E-state index contributed by atoms with van der Waals surface area (Å²) in [6.07, 6.45) is 3.39. The zero-order valence-electron chi connectivity index (χ0n) is 16.2. The summed E-state index contributed by atoms with van der Waals surface area (Å²) in [5.41, 5.74) is 3.64. The van der Waals surface area contributed by atoms with E-state index in [2.05, 4.69) is 20.6 Å². The van der Waals surface area contributed by atoms with Gasteiger partial charge in [0.25, 0.3) is 5.91 Å². The molecule has 2 aromatic carbocycles. The summed E-state index contributed by atoms with van der Waals surface area (Å²) >= 11 is 0.